The number of hydrogen-bond acceptors (Lipinski definition) is 2. The van der Waals surface area contributed by atoms with E-state index in [0.717, 1.165) is 5.56 Å². The van der Waals surface area contributed by atoms with E-state index < -0.39 is 0 Å². The molecule has 0 radical (unpaired) electrons. The zero-order chi connectivity index (χ0) is 11.4. The first-order chi connectivity index (χ1) is 7.04. The second-order valence-electron chi connectivity index (χ2n) is 3.80. The molecule has 1 aromatic carbocycles. The SMILES string of the molecule is Cc1ccc(NC(=O)C(C)C)c(C#N)c1. The summed E-state index contributed by atoms with van der Waals surface area (Å²) < 4.78 is 0. The Morgan fingerprint density at radius 2 is 2.13 bits per heavy atom. The Kier molecular flexibility index (Phi) is 3.46. The van der Waals surface area contributed by atoms with Crippen molar-refractivity contribution < 1.29 is 4.79 Å². The van der Waals surface area contributed by atoms with Crippen molar-refractivity contribution in [1.82, 2.24) is 0 Å². The van der Waals surface area contributed by atoms with Gasteiger partial charge in [0.15, 0.2) is 0 Å². The maximum Gasteiger partial charge on any atom is 0.226 e. The van der Waals surface area contributed by atoms with E-state index in [4.69, 9.17) is 5.26 Å². The highest BCUT2D eigenvalue weighted by atomic mass is 16.1. The van der Waals surface area contributed by atoms with E-state index in [1.807, 2.05) is 26.8 Å². The van der Waals surface area contributed by atoms with Gasteiger partial charge in [0.25, 0.3) is 0 Å². The molecule has 0 saturated heterocycles. The molecule has 0 aliphatic carbocycles. The van der Waals surface area contributed by atoms with Crippen LogP contribution in [-0.2, 0) is 4.79 Å². The van der Waals surface area contributed by atoms with Gasteiger partial charge in [0.05, 0.1) is 11.3 Å². The van der Waals surface area contributed by atoms with Crippen molar-refractivity contribution in [2.45, 2.75) is 20.8 Å². The van der Waals surface area contributed by atoms with Gasteiger partial charge >= 0.3 is 0 Å². The third-order valence-corrected chi connectivity index (χ3v) is 2.08. The van der Waals surface area contributed by atoms with Gasteiger partial charge in [-0.05, 0) is 24.6 Å². The molecular formula is C12H14N2O. The fraction of sp³-hybridized carbons (Fsp3) is 0.333. The van der Waals surface area contributed by atoms with Crippen molar-refractivity contribution in [3.8, 4) is 6.07 Å². The molecule has 0 heterocycles. The molecule has 0 atom stereocenters. The van der Waals surface area contributed by atoms with Gasteiger partial charge in [-0.2, -0.15) is 5.26 Å². The number of anilines is 1. The first kappa shape index (κ1) is 11.3. The van der Waals surface area contributed by atoms with E-state index in [1.54, 1.807) is 12.1 Å². The lowest BCUT2D eigenvalue weighted by Gasteiger charge is -2.09. The van der Waals surface area contributed by atoms with Crippen LogP contribution in [0.2, 0.25) is 0 Å². The highest BCUT2D eigenvalue weighted by Crippen LogP contribution is 2.16. The lowest BCUT2D eigenvalue weighted by molar-refractivity contribution is -0.118. The molecule has 0 aliphatic rings. The molecule has 3 heteroatoms. The Labute approximate surface area is 89.7 Å². The summed E-state index contributed by atoms with van der Waals surface area (Å²) in [5.74, 6) is -0.159. The van der Waals surface area contributed by atoms with Gasteiger partial charge in [-0.3, -0.25) is 4.79 Å². The summed E-state index contributed by atoms with van der Waals surface area (Å²) in [5, 5.41) is 11.6. The molecule has 0 saturated carbocycles. The van der Waals surface area contributed by atoms with Crippen molar-refractivity contribution in [3.63, 3.8) is 0 Å². The Morgan fingerprint density at radius 3 is 2.67 bits per heavy atom. The Balaban J connectivity index is 2.96. The van der Waals surface area contributed by atoms with Gasteiger partial charge in [-0.25, -0.2) is 0 Å². The van der Waals surface area contributed by atoms with E-state index in [2.05, 4.69) is 11.4 Å². The Hall–Kier alpha value is -1.82. The van der Waals surface area contributed by atoms with E-state index >= 15 is 0 Å². The average molecular weight is 202 g/mol. The van der Waals surface area contributed by atoms with Crippen LogP contribution in [0, 0.1) is 24.2 Å². The normalized spacial score (nSPS) is 9.80. The predicted molar refractivity (Wildman–Crippen MR) is 59.4 cm³/mol. The van der Waals surface area contributed by atoms with E-state index in [0.29, 0.717) is 11.3 Å². The topological polar surface area (TPSA) is 52.9 Å². The summed E-state index contributed by atoms with van der Waals surface area (Å²) in [6.07, 6.45) is 0. The monoisotopic (exact) mass is 202 g/mol. The first-order valence-electron chi connectivity index (χ1n) is 4.86. The highest BCUT2D eigenvalue weighted by Gasteiger charge is 2.09. The molecule has 1 N–H and O–H groups in total. The molecule has 15 heavy (non-hydrogen) atoms. The predicted octanol–water partition coefficient (Wildman–Crippen LogP) is 2.46. The Morgan fingerprint density at radius 1 is 1.47 bits per heavy atom. The number of nitriles is 1. The number of aryl methyl sites for hydroxylation is 1. The summed E-state index contributed by atoms with van der Waals surface area (Å²) in [6, 6.07) is 7.46. The number of carbonyl (C=O) groups is 1. The van der Waals surface area contributed by atoms with E-state index in [-0.39, 0.29) is 11.8 Å². The number of rotatable bonds is 2. The third-order valence-electron chi connectivity index (χ3n) is 2.08. The van der Waals surface area contributed by atoms with Crippen LogP contribution in [0.5, 0.6) is 0 Å². The van der Waals surface area contributed by atoms with E-state index in [1.165, 1.54) is 0 Å². The molecule has 0 fully saturated rings. The number of carbonyl (C=O) groups excluding carboxylic acids is 1. The molecule has 0 unspecified atom stereocenters. The zero-order valence-electron chi connectivity index (χ0n) is 9.16. The fourth-order valence-electron chi connectivity index (χ4n) is 1.14. The maximum absolute atomic E-state index is 11.4. The molecule has 0 aliphatic heterocycles. The van der Waals surface area contributed by atoms with Crippen LogP contribution in [0.4, 0.5) is 5.69 Å². The molecule has 0 aromatic heterocycles. The largest absolute Gasteiger partial charge is 0.325 e. The molecular weight excluding hydrogens is 188 g/mol. The minimum Gasteiger partial charge on any atom is -0.325 e. The summed E-state index contributed by atoms with van der Waals surface area (Å²) >= 11 is 0. The van der Waals surface area contributed by atoms with Crippen LogP contribution >= 0.6 is 0 Å². The van der Waals surface area contributed by atoms with Crippen molar-refractivity contribution >= 4 is 11.6 Å². The number of benzene rings is 1. The summed E-state index contributed by atoms with van der Waals surface area (Å²) in [5.41, 5.74) is 2.10. The molecule has 1 amide bonds. The van der Waals surface area contributed by atoms with Crippen LogP contribution in [0.25, 0.3) is 0 Å². The van der Waals surface area contributed by atoms with Crippen LogP contribution in [0.1, 0.15) is 25.0 Å². The number of nitrogens with zero attached hydrogens (tertiary/aromatic N) is 1. The average Bonchev–Trinajstić information content (AvgIpc) is 2.20. The third kappa shape index (κ3) is 2.81. The van der Waals surface area contributed by atoms with Crippen LogP contribution < -0.4 is 5.32 Å². The molecule has 1 aromatic rings. The molecule has 3 nitrogen and oxygen atoms in total. The summed E-state index contributed by atoms with van der Waals surface area (Å²) in [6.45, 7) is 5.54. The van der Waals surface area contributed by atoms with Crippen molar-refractivity contribution in [2.24, 2.45) is 5.92 Å². The quantitative estimate of drug-likeness (QED) is 0.800. The van der Waals surface area contributed by atoms with Crippen molar-refractivity contribution in [1.29, 1.82) is 5.26 Å². The van der Waals surface area contributed by atoms with Crippen molar-refractivity contribution in [2.75, 3.05) is 5.32 Å². The number of amides is 1. The summed E-state index contributed by atoms with van der Waals surface area (Å²) in [7, 11) is 0. The highest BCUT2D eigenvalue weighted by molar-refractivity contribution is 5.93. The lowest BCUT2D eigenvalue weighted by Crippen LogP contribution is -2.18. The van der Waals surface area contributed by atoms with Crippen LogP contribution in [-0.4, -0.2) is 5.91 Å². The molecule has 78 valence electrons. The molecule has 1 rings (SSSR count). The van der Waals surface area contributed by atoms with Gasteiger partial charge in [0.1, 0.15) is 6.07 Å². The van der Waals surface area contributed by atoms with Gasteiger partial charge in [-0.15, -0.1) is 0 Å². The number of hydrogen-bond donors (Lipinski definition) is 1. The van der Waals surface area contributed by atoms with Gasteiger partial charge in [-0.1, -0.05) is 19.9 Å². The second-order valence-corrected chi connectivity index (χ2v) is 3.80. The molecule has 0 spiro atoms. The van der Waals surface area contributed by atoms with Gasteiger partial charge in [0, 0.05) is 5.92 Å². The standard InChI is InChI=1S/C12H14N2O/c1-8(2)12(15)14-11-5-4-9(3)6-10(11)7-13/h4-6,8H,1-3H3,(H,14,15). The second kappa shape index (κ2) is 4.61. The maximum atomic E-state index is 11.4. The first-order valence-corrected chi connectivity index (χ1v) is 4.86. The lowest BCUT2D eigenvalue weighted by atomic mass is 10.1. The zero-order valence-corrected chi connectivity index (χ0v) is 9.16. The van der Waals surface area contributed by atoms with Gasteiger partial charge in [0.2, 0.25) is 5.91 Å². The fourth-order valence-corrected chi connectivity index (χ4v) is 1.14. The minimum absolute atomic E-state index is 0.0737. The van der Waals surface area contributed by atoms with E-state index in [9.17, 15) is 4.79 Å². The number of nitrogens with one attached hydrogen (secondary N) is 1. The summed E-state index contributed by atoms with van der Waals surface area (Å²) in [4.78, 5) is 11.4. The Bertz CT molecular complexity index is 416. The van der Waals surface area contributed by atoms with Crippen molar-refractivity contribution in [3.05, 3.63) is 29.3 Å². The smallest absolute Gasteiger partial charge is 0.226 e. The van der Waals surface area contributed by atoms with Crippen LogP contribution in [0.15, 0.2) is 18.2 Å². The molecule has 0 bridgehead atoms. The van der Waals surface area contributed by atoms with Crippen LogP contribution in [0.3, 0.4) is 0 Å². The minimum atomic E-state index is -0.0853. The van der Waals surface area contributed by atoms with Gasteiger partial charge < -0.3 is 5.32 Å².